The summed E-state index contributed by atoms with van der Waals surface area (Å²) >= 11 is 0. The first-order valence-electron chi connectivity index (χ1n) is 7.19. The molecule has 1 aromatic carbocycles. The van der Waals surface area contributed by atoms with E-state index in [-0.39, 0.29) is 12.5 Å². The molecular weight excluding hydrogens is 313 g/mol. The number of rotatable bonds is 1. The van der Waals surface area contributed by atoms with E-state index in [2.05, 4.69) is 10.1 Å². The highest BCUT2D eigenvalue weighted by Gasteiger charge is 2.46. The second-order valence-electron chi connectivity index (χ2n) is 5.71. The molecule has 2 aliphatic rings. The number of carbonyl (C=O) groups is 2. The fourth-order valence-electron chi connectivity index (χ4n) is 3.04. The van der Waals surface area contributed by atoms with Gasteiger partial charge in [-0.15, -0.1) is 0 Å². The first-order chi connectivity index (χ1) is 10.8. The number of fused-ring (bicyclic) bond motifs is 2. The molecule has 0 spiro atoms. The van der Waals surface area contributed by atoms with Crippen molar-refractivity contribution < 1.29 is 27.5 Å². The lowest BCUT2D eigenvalue weighted by Gasteiger charge is -2.44. The van der Waals surface area contributed by atoms with E-state index in [1.807, 2.05) is 19.1 Å². The molecule has 1 fully saturated rings. The molecule has 2 aliphatic heterocycles. The first-order valence-corrected chi connectivity index (χ1v) is 7.19. The zero-order valence-corrected chi connectivity index (χ0v) is 12.3. The number of carbonyl (C=O) groups excluding carboxylic acids is 2. The molecule has 2 heterocycles. The van der Waals surface area contributed by atoms with Crippen molar-refractivity contribution in [1.29, 1.82) is 0 Å². The van der Waals surface area contributed by atoms with Gasteiger partial charge in [0.05, 0.1) is 6.04 Å². The molecule has 5 nitrogen and oxygen atoms in total. The van der Waals surface area contributed by atoms with Crippen LogP contribution in [-0.4, -0.2) is 48.3 Å². The van der Waals surface area contributed by atoms with E-state index in [1.54, 1.807) is 6.07 Å². The quantitative estimate of drug-likeness (QED) is 0.792. The lowest BCUT2D eigenvalue weighted by Crippen LogP contribution is -2.63. The minimum Gasteiger partial charge on any atom is -0.438 e. The number of hydrogen-bond donors (Lipinski definition) is 1. The van der Waals surface area contributed by atoms with Crippen LogP contribution in [0.2, 0.25) is 0 Å². The molecule has 0 saturated carbocycles. The highest BCUT2D eigenvalue weighted by atomic mass is 19.4. The van der Waals surface area contributed by atoms with Gasteiger partial charge in [-0.1, -0.05) is 17.7 Å². The molecule has 23 heavy (non-hydrogen) atoms. The Bertz CT molecular complexity index is 660. The lowest BCUT2D eigenvalue weighted by atomic mass is 9.90. The van der Waals surface area contributed by atoms with Crippen molar-refractivity contribution in [2.75, 3.05) is 13.1 Å². The number of benzene rings is 1. The fraction of sp³-hybridized carbons (Fsp3) is 0.467. The summed E-state index contributed by atoms with van der Waals surface area (Å²) in [5, 5.41) is 2.75. The topological polar surface area (TPSA) is 58.6 Å². The van der Waals surface area contributed by atoms with Crippen molar-refractivity contribution >= 4 is 11.9 Å². The molecule has 2 atom stereocenters. The maximum absolute atomic E-state index is 12.5. The molecule has 0 radical (unpaired) electrons. The highest BCUT2D eigenvalue weighted by molar-refractivity contribution is 5.97. The zero-order chi connectivity index (χ0) is 16.8. The molecule has 1 N–H and O–H groups in total. The molecule has 1 aromatic rings. The normalized spacial score (nSPS) is 24.0. The van der Waals surface area contributed by atoms with Crippen LogP contribution in [0.4, 0.5) is 13.2 Å². The van der Waals surface area contributed by atoms with Crippen LogP contribution < -0.4 is 5.32 Å². The SMILES string of the molecule is Cc1ccc2c(c1)CC1C(OC(=O)C(F)(F)F)NCCN1C2=O. The molecule has 1 amide bonds. The second kappa shape index (κ2) is 5.52. The molecule has 2 unspecified atom stereocenters. The third-order valence-electron chi connectivity index (χ3n) is 4.09. The van der Waals surface area contributed by atoms with Crippen molar-refractivity contribution in [3.8, 4) is 0 Å². The van der Waals surface area contributed by atoms with Gasteiger partial charge in [-0.2, -0.15) is 13.2 Å². The van der Waals surface area contributed by atoms with Crippen LogP contribution >= 0.6 is 0 Å². The maximum atomic E-state index is 12.5. The smallest absolute Gasteiger partial charge is 0.438 e. The van der Waals surface area contributed by atoms with Crippen LogP contribution in [0, 0.1) is 6.92 Å². The van der Waals surface area contributed by atoms with Gasteiger partial charge in [0.25, 0.3) is 5.91 Å². The van der Waals surface area contributed by atoms with E-state index in [9.17, 15) is 22.8 Å². The summed E-state index contributed by atoms with van der Waals surface area (Å²) in [6.07, 6.45) is -5.89. The molecule has 124 valence electrons. The van der Waals surface area contributed by atoms with Gasteiger partial charge in [-0.3, -0.25) is 10.1 Å². The number of ether oxygens (including phenoxy) is 1. The minimum atomic E-state index is -5.06. The average molecular weight is 328 g/mol. The Hall–Kier alpha value is -2.09. The van der Waals surface area contributed by atoms with Crippen molar-refractivity contribution in [3.63, 3.8) is 0 Å². The van der Waals surface area contributed by atoms with E-state index in [1.165, 1.54) is 4.90 Å². The van der Waals surface area contributed by atoms with Gasteiger partial charge in [-0.05, 0) is 25.0 Å². The lowest BCUT2D eigenvalue weighted by molar-refractivity contribution is -0.210. The van der Waals surface area contributed by atoms with Crippen LogP contribution in [0.15, 0.2) is 18.2 Å². The van der Waals surface area contributed by atoms with E-state index in [0.29, 0.717) is 18.5 Å². The van der Waals surface area contributed by atoms with Crippen LogP contribution in [0.3, 0.4) is 0 Å². The Kier molecular flexibility index (Phi) is 3.79. The average Bonchev–Trinajstić information content (AvgIpc) is 2.47. The van der Waals surface area contributed by atoms with E-state index in [0.717, 1.165) is 11.1 Å². The Balaban J connectivity index is 1.87. The van der Waals surface area contributed by atoms with Crippen LogP contribution in [0.25, 0.3) is 0 Å². The number of halogens is 3. The third-order valence-corrected chi connectivity index (χ3v) is 4.09. The number of amides is 1. The predicted molar refractivity (Wildman–Crippen MR) is 73.6 cm³/mol. The fourth-order valence-corrected chi connectivity index (χ4v) is 3.04. The number of esters is 1. The number of piperazine rings is 1. The van der Waals surface area contributed by atoms with E-state index >= 15 is 0 Å². The summed E-state index contributed by atoms with van der Waals surface area (Å²) in [6, 6.07) is 4.74. The van der Waals surface area contributed by atoms with Crippen molar-refractivity contribution in [1.82, 2.24) is 10.2 Å². The summed E-state index contributed by atoms with van der Waals surface area (Å²) < 4.78 is 41.8. The molecule has 0 aromatic heterocycles. The molecule has 8 heteroatoms. The minimum absolute atomic E-state index is 0.245. The van der Waals surface area contributed by atoms with Gasteiger partial charge in [0.2, 0.25) is 0 Å². The second-order valence-corrected chi connectivity index (χ2v) is 5.71. The number of aryl methyl sites for hydroxylation is 1. The van der Waals surface area contributed by atoms with E-state index < -0.39 is 24.4 Å². The van der Waals surface area contributed by atoms with Crippen LogP contribution in [-0.2, 0) is 16.0 Å². The van der Waals surface area contributed by atoms with Crippen LogP contribution in [0.5, 0.6) is 0 Å². The van der Waals surface area contributed by atoms with Crippen molar-refractivity contribution in [2.24, 2.45) is 0 Å². The maximum Gasteiger partial charge on any atom is 0.490 e. The Morgan fingerprint density at radius 1 is 1.39 bits per heavy atom. The highest BCUT2D eigenvalue weighted by Crippen LogP contribution is 2.29. The van der Waals surface area contributed by atoms with Gasteiger partial charge in [-0.25, -0.2) is 4.79 Å². The first kappa shape index (κ1) is 15.8. The van der Waals surface area contributed by atoms with Gasteiger partial charge in [0, 0.05) is 18.7 Å². The number of alkyl halides is 3. The summed E-state index contributed by atoms with van der Waals surface area (Å²) in [4.78, 5) is 25.1. The third kappa shape index (κ3) is 2.90. The zero-order valence-electron chi connectivity index (χ0n) is 12.3. The molecular formula is C15H15F3N2O3. The number of nitrogens with zero attached hydrogens (tertiary/aromatic N) is 1. The monoisotopic (exact) mass is 328 g/mol. The van der Waals surface area contributed by atoms with Crippen molar-refractivity contribution in [2.45, 2.75) is 31.8 Å². The standard InChI is InChI=1S/C15H15F3N2O3/c1-8-2-3-10-9(6-8)7-11-12(23-14(22)15(16,17)18)19-4-5-20(11)13(10)21/h2-3,6,11-12,19H,4-5,7H2,1H3. The summed E-state index contributed by atoms with van der Waals surface area (Å²) in [5.41, 5.74) is 2.26. The Labute approximate surface area is 130 Å². The predicted octanol–water partition coefficient (Wildman–Crippen LogP) is 1.40. The Morgan fingerprint density at radius 2 is 2.13 bits per heavy atom. The van der Waals surface area contributed by atoms with Gasteiger partial charge in [0.15, 0.2) is 6.23 Å². The molecule has 0 aliphatic carbocycles. The van der Waals surface area contributed by atoms with Crippen LogP contribution in [0.1, 0.15) is 21.5 Å². The largest absolute Gasteiger partial charge is 0.490 e. The summed E-state index contributed by atoms with van der Waals surface area (Å²) in [7, 11) is 0. The summed E-state index contributed by atoms with van der Waals surface area (Å²) in [5.74, 6) is -2.50. The number of nitrogens with one attached hydrogen (secondary N) is 1. The summed E-state index contributed by atoms with van der Waals surface area (Å²) in [6.45, 7) is 2.49. The van der Waals surface area contributed by atoms with E-state index in [4.69, 9.17) is 0 Å². The van der Waals surface area contributed by atoms with Gasteiger partial charge in [0.1, 0.15) is 0 Å². The van der Waals surface area contributed by atoms with Gasteiger partial charge < -0.3 is 9.64 Å². The molecule has 3 rings (SSSR count). The Morgan fingerprint density at radius 3 is 2.83 bits per heavy atom. The van der Waals surface area contributed by atoms with Crippen molar-refractivity contribution in [3.05, 3.63) is 34.9 Å². The molecule has 1 saturated heterocycles. The van der Waals surface area contributed by atoms with Gasteiger partial charge >= 0.3 is 12.1 Å². The molecule has 0 bridgehead atoms. The number of hydrogen-bond acceptors (Lipinski definition) is 4.